The number of aliphatic imine (C=N–C) groups is 1. The molecule has 0 saturated carbocycles. The predicted molar refractivity (Wildman–Crippen MR) is 129 cm³/mol. The molecular weight excluding hydrogens is 400 g/mol. The maximum atomic E-state index is 5.75. The number of fused-ring (bicyclic) bond motifs is 1. The highest BCUT2D eigenvalue weighted by Crippen LogP contribution is 2.38. The van der Waals surface area contributed by atoms with E-state index in [2.05, 4.69) is 80.6 Å². The summed E-state index contributed by atoms with van der Waals surface area (Å²) < 4.78 is 5.75. The smallest absolute Gasteiger partial charge is 0.185 e. The van der Waals surface area contributed by atoms with Crippen molar-refractivity contribution >= 4 is 11.5 Å². The Hall–Kier alpha value is -3.03. The number of anilines is 1. The number of para-hydroxylation sites is 2. The summed E-state index contributed by atoms with van der Waals surface area (Å²) in [5, 5.41) is 3.46. The fourth-order valence-electron chi connectivity index (χ4n) is 4.73. The number of methoxy groups -OCH3 is 1. The topological polar surface area (TPSA) is 46.6 Å². The number of piperazine rings is 1. The van der Waals surface area contributed by atoms with Gasteiger partial charge in [0.15, 0.2) is 12.1 Å². The van der Waals surface area contributed by atoms with E-state index in [1.165, 1.54) is 5.56 Å². The quantitative estimate of drug-likeness (QED) is 0.757. The standard InChI is InChI=1S/C25H32N6O/c1-28-19-29(15-12-20-8-4-3-5-9-20)18-22-24(28)27-25(30-16-13-26-14-17-30)31(22)21-10-6-7-11-23(21)32-2/h3-11,18,25-26H,12-17,19H2,1-2H3. The van der Waals surface area contributed by atoms with E-state index >= 15 is 0 Å². The Kier molecular flexibility index (Phi) is 6.01. The number of ether oxygens (including phenoxy) is 1. The van der Waals surface area contributed by atoms with Gasteiger partial charge >= 0.3 is 0 Å². The number of nitrogens with zero attached hydrogens (tertiary/aromatic N) is 5. The zero-order valence-electron chi connectivity index (χ0n) is 18.9. The first-order valence-electron chi connectivity index (χ1n) is 11.4. The van der Waals surface area contributed by atoms with Crippen molar-refractivity contribution in [3.63, 3.8) is 0 Å². The molecule has 1 saturated heterocycles. The van der Waals surface area contributed by atoms with Crippen molar-refractivity contribution < 1.29 is 4.74 Å². The van der Waals surface area contributed by atoms with Crippen LogP contribution in [-0.2, 0) is 6.42 Å². The molecule has 3 aliphatic rings. The molecule has 7 heteroatoms. The first-order valence-corrected chi connectivity index (χ1v) is 11.4. The van der Waals surface area contributed by atoms with Crippen molar-refractivity contribution in [1.29, 1.82) is 0 Å². The SMILES string of the molecule is COc1ccccc1N1C2=CN(CCc3ccccc3)CN(C)C2=NC1N1CCNCC1. The molecular formula is C25H32N6O. The van der Waals surface area contributed by atoms with Crippen molar-refractivity contribution in [1.82, 2.24) is 20.0 Å². The number of nitrogens with one attached hydrogen (secondary N) is 1. The Bertz CT molecular complexity index is 985. The van der Waals surface area contributed by atoms with E-state index < -0.39 is 0 Å². The second kappa shape index (κ2) is 9.22. The molecule has 32 heavy (non-hydrogen) atoms. The highest BCUT2D eigenvalue weighted by molar-refractivity contribution is 6.04. The molecule has 5 rings (SSSR count). The number of amidine groups is 1. The summed E-state index contributed by atoms with van der Waals surface area (Å²) in [4.78, 5) is 14.7. The Balaban J connectivity index is 1.48. The lowest BCUT2D eigenvalue weighted by atomic mass is 10.1. The maximum Gasteiger partial charge on any atom is 0.185 e. The number of rotatable bonds is 6. The van der Waals surface area contributed by atoms with Crippen LogP contribution in [0, 0.1) is 0 Å². The van der Waals surface area contributed by atoms with E-state index in [-0.39, 0.29) is 6.29 Å². The Labute approximate surface area is 190 Å². The summed E-state index contributed by atoms with van der Waals surface area (Å²) in [5.74, 6) is 1.92. The van der Waals surface area contributed by atoms with Gasteiger partial charge in [0.05, 0.1) is 19.5 Å². The molecule has 168 valence electrons. The van der Waals surface area contributed by atoms with Gasteiger partial charge < -0.3 is 19.9 Å². The van der Waals surface area contributed by atoms with Crippen LogP contribution in [0.25, 0.3) is 0 Å². The van der Waals surface area contributed by atoms with Crippen LogP contribution in [0.15, 0.2) is 71.5 Å². The Morgan fingerprint density at radius 1 is 1.03 bits per heavy atom. The number of hydrogen-bond donors (Lipinski definition) is 1. The molecule has 1 N–H and O–H groups in total. The molecule has 3 aliphatic heterocycles. The van der Waals surface area contributed by atoms with Crippen LogP contribution in [0.3, 0.4) is 0 Å². The fourth-order valence-corrected chi connectivity index (χ4v) is 4.73. The van der Waals surface area contributed by atoms with Crippen molar-refractivity contribution in [3.05, 3.63) is 72.1 Å². The molecule has 0 radical (unpaired) electrons. The second-order valence-electron chi connectivity index (χ2n) is 8.53. The largest absolute Gasteiger partial charge is 0.495 e. The molecule has 0 amide bonds. The van der Waals surface area contributed by atoms with E-state index in [1.54, 1.807) is 7.11 Å². The lowest BCUT2D eigenvalue weighted by molar-refractivity contribution is 0.182. The first kappa shape index (κ1) is 20.8. The van der Waals surface area contributed by atoms with Crippen LogP contribution < -0.4 is 15.0 Å². The van der Waals surface area contributed by atoms with Crippen LogP contribution in [0.2, 0.25) is 0 Å². The highest BCUT2D eigenvalue weighted by Gasteiger charge is 2.40. The van der Waals surface area contributed by atoms with Crippen molar-refractivity contribution in [2.45, 2.75) is 12.7 Å². The molecule has 0 spiro atoms. The summed E-state index contributed by atoms with van der Waals surface area (Å²) in [6.45, 7) is 5.72. The Morgan fingerprint density at radius 3 is 2.56 bits per heavy atom. The van der Waals surface area contributed by atoms with Gasteiger partial charge in [-0.25, -0.2) is 4.99 Å². The minimum absolute atomic E-state index is 0.0637. The van der Waals surface area contributed by atoms with Crippen molar-refractivity contribution in [2.75, 3.05) is 58.4 Å². The number of likely N-dealkylation sites (N-methyl/N-ethyl adjacent to an activating group) is 1. The Morgan fingerprint density at radius 2 is 1.78 bits per heavy atom. The lowest BCUT2D eigenvalue weighted by Gasteiger charge is -2.39. The van der Waals surface area contributed by atoms with Crippen molar-refractivity contribution in [2.24, 2.45) is 4.99 Å². The zero-order valence-corrected chi connectivity index (χ0v) is 18.9. The van der Waals surface area contributed by atoms with E-state index in [4.69, 9.17) is 9.73 Å². The van der Waals surface area contributed by atoms with Gasteiger partial charge in [-0.05, 0) is 24.1 Å². The molecule has 1 fully saturated rings. The minimum atomic E-state index is -0.0637. The fraction of sp³-hybridized carbons (Fsp3) is 0.400. The van der Waals surface area contributed by atoms with Crippen LogP contribution in [0.5, 0.6) is 5.75 Å². The normalized spacial score (nSPS) is 21.3. The third kappa shape index (κ3) is 4.06. The minimum Gasteiger partial charge on any atom is -0.495 e. The van der Waals surface area contributed by atoms with Crippen LogP contribution in [-0.4, -0.2) is 80.4 Å². The second-order valence-corrected chi connectivity index (χ2v) is 8.53. The summed E-state index contributed by atoms with van der Waals surface area (Å²) >= 11 is 0. The highest BCUT2D eigenvalue weighted by atomic mass is 16.5. The maximum absolute atomic E-state index is 5.75. The molecule has 2 aromatic carbocycles. The molecule has 0 bridgehead atoms. The summed E-state index contributed by atoms with van der Waals surface area (Å²) in [7, 11) is 3.88. The van der Waals surface area contributed by atoms with Crippen molar-refractivity contribution in [3.8, 4) is 5.75 Å². The molecule has 0 aliphatic carbocycles. The third-order valence-corrected chi connectivity index (χ3v) is 6.37. The van der Waals surface area contributed by atoms with E-state index in [0.29, 0.717) is 0 Å². The summed E-state index contributed by atoms with van der Waals surface area (Å²) in [6.07, 6.45) is 3.24. The molecule has 0 aromatic heterocycles. The predicted octanol–water partition coefficient (Wildman–Crippen LogP) is 2.39. The van der Waals surface area contributed by atoms with Gasteiger partial charge in [0.25, 0.3) is 0 Å². The van der Waals surface area contributed by atoms with E-state index in [9.17, 15) is 0 Å². The van der Waals surface area contributed by atoms with E-state index in [1.807, 2.05) is 12.1 Å². The molecule has 3 heterocycles. The van der Waals surface area contributed by atoms with Gasteiger partial charge in [-0.3, -0.25) is 9.80 Å². The lowest BCUT2D eigenvalue weighted by Crippen LogP contribution is -2.53. The van der Waals surface area contributed by atoms with Crippen LogP contribution in [0.1, 0.15) is 5.56 Å². The van der Waals surface area contributed by atoms with Gasteiger partial charge in [0.2, 0.25) is 0 Å². The van der Waals surface area contributed by atoms with Gasteiger partial charge in [-0.2, -0.15) is 0 Å². The number of hydrogen-bond acceptors (Lipinski definition) is 7. The molecule has 2 aromatic rings. The number of benzene rings is 2. The van der Waals surface area contributed by atoms with Gasteiger partial charge in [-0.15, -0.1) is 0 Å². The van der Waals surface area contributed by atoms with Gasteiger partial charge in [-0.1, -0.05) is 42.5 Å². The zero-order chi connectivity index (χ0) is 21.9. The third-order valence-electron chi connectivity index (χ3n) is 6.37. The van der Waals surface area contributed by atoms with Gasteiger partial charge in [0, 0.05) is 46.0 Å². The first-order chi connectivity index (χ1) is 15.7. The van der Waals surface area contributed by atoms with Gasteiger partial charge in [0.1, 0.15) is 11.4 Å². The average molecular weight is 433 g/mol. The monoisotopic (exact) mass is 432 g/mol. The summed E-state index contributed by atoms with van der Waals surface area (Å²) in [6, 6.07) is 19.0. The summed E-state index contributed by atoms with van der Waals surface area (Å²) in [5.41, 5.74) is 3.56. The molecule has 7 nitrogen and oxygen atoms in total. The molecule has 1 atom stereocenters. The van der Waals surface area contributed by atoms with Crippen LogP contribution >= 0.6 is 0 Å². The van der Waals surface area contributed by atoms with E-state index in [0.717, 1.165) is 68.8 Å². The molecule has 1 unspecified atom stereocenters. The average Bonchev–Trinajstić information content (AvgIpc) is 3.24. The van der Waals surface area contributed by atoms with Crippen LogP contribution in [0.4, 0.5) is 5.69 Å².